The van der Waals surface area contributed by atoms with Gasteiger partial charge in [0.2, 0.25) is 5.78 Å². The van der Waals surface area contributed by atoms with E-state index in [-0.39, 0.29) is 23.8 Å². The summed E-state index contributed by atoms with van der Waals surface area (Å²) in [5.74, 6) is -0.639. The van der Waals surface area contributed by atoms with Crippen LogP contribution < -0.4 is 0 Å². The highest BCUT2D eigenvalue weighted by Crippen LogP contribution is 2.34. The van der Waals surface area contributed by atoms with Gasteiger partial charge in [-0.2, -0.15) is 0 Å². The Morgan fingerprint density at radius 1 is 1.28 bits per heavy atom. The second kappa shape index (κ2) is 7.04. The minimum absolute atomic E-state index is 0.104. The van der Waals surface area contributed by atoms with Crippen molar-refractivity contribution in [3.63, 3.8) is 0 Å². The molecule has 3 rings (SSSR count). The first-order valence-corrected chi connectivity index (χ1v) is 8.97. The van der Waals surface area contributed by atoms with E-state index in [1.807, 2.05) is 31.4 Å². The zero-order chi connectivity index (χ0) is 18.1. The molecular formula is C20H22ClNO3. The Labute approximate surface area is 152 Å². The van der Waals surface area contributed by atoms with Crippen LogP contribution in [0.1, 0.15) is 59.9 Å². The van der Waals surface area contributed by atoms with Gasteiger partial charge in [-0.3, -0.25) is 9.59 Å². The van der Waals surface area contributed by atoms with Crippen molar-refractivity contribution in [1.82, 2.24) is 4.57 Å². The Kier molecular flexibility index (Phi) is 5.00. The van der Waals surface area contributed by atoms with Gasteiger partial charge in [0, 0.05) is 17.8 Å². The molecule has 1 aromatic heterocycles. The third-order valence-corrected chi connectivity index (χ3v) is 4.85. The lowest BCUT2D eigenvalue weighted by Gasteiger charge is -2.25. The van der Waals surface area contributed by atoms with Crippen molar-refractivity contribution in [1.29, 1.82) is 0 Å². The first-order valence-electron chi connectivity index (χ1n) is 8.60. The summed E-state index contributed by atoms with van der Waals surface area (Å²) in [5.41, 5.74) is 2.83. The molecule has 1 unspecified atom stereocenters. The Balaban J connectivity index is 2.02. The van der Waals surface area contributed by atoms with Gasteiger partial charge in [-0.05, 0) is 57.4 Å². The third-order valence-electron chi connectivity index (χ3n) is 4.52. The van der Waals surface area contributed by atoms with E-state index in [1.165, 1.54) is 0 Å². The average Bonchev–Trinajstić information content (AvgIpc) is 2.89. The standard InChI is InChI=1S/C20H22ClNO3/c1-12(2)25-20(24)15-8-6-10-22-17(15)11-13(3)18(22)19(23)14-7-4-5-9-16(14)21/h4-5,7,9,11-12,15H,6,8,10H2,1-3H3. The second-order valence-corrected chi connectivity index (χ2v) is 7.15. The molecular weight excluding hydrogens is 338 g/mol. The minimum atomic E-state index is -0.317. The highest BCUT2D eigenvalue weighted by Gasteiger charge is 2.33. The summed E-state index contributed by atoms with van der Waals surface area (Å²) in [4.78, 5) is 25.5. The SMILES string of the molecule is Cc1cc2n(c1C(=O)c1ccccc1Cl)CCCC2C(=O)OC(C)C. The van der Waals surface area contributed by atoms with Crippen molar-refractivity contribution < 1.29 is 14.3 Å². The Bertz CT molecular complexity index is 822. The fraction of sp³-hybridized carbons (Fsp3) is 0.400. The molecule has 1 atom stereocenters. The van der Waals surface area contributed by atoms with Crippen LogP contribution in [0.3, 0.4) is 0 Å². The fourth-order valence-electron chi connectivity index (χ4n) is 3.47. The van der Waals surface area contributed by atoms with Crippen molar-refractivity contribution in [2.24, 2.45) is 0 Å². The van der Waals surface area contributed by atoms with Gasteiger partial charge >= 0.3 is 5.97 Å². The van der Waals surface area contributed by atoms with Gasteiger partial charge in [0.05, 0.1) is 22.7 Å². The van der Waals surface area contributed by atoms with Crippen LogP contribution >= 0.6 is 11.6 Å². The Hall–Kier alpha value is -2.07. The van der Waals surface area contributed by atoms with E-state index in [4.69, 9.17) is 16.3 Å². The number of rotatable bonds is 4. The van der Waals surface area contributed by atoms with Crippen LogP contribution in [0.25, 0.3) is 0 Å². The number of aromatic nitrogens is 1. The second-order valence-electron chi connectivity index (χ2n) is 6.74. The predicted molar refractivity (Wildman–Crippen MR) is 97.3 cm³/mol. The zero-order valence-electron chi connectivity index (χ0n) is 14.7. The molecule has 0 saturated carbocycles. The molecule has 0 saturated heterocycles. The van der Waals surface area contributed by atoms with E-state index in [2.05, 4.69) is 0 Å². The molecule has 5 heteroatoms. The lowest BCUT2D eigenvalue weighted by molar-refractivity contribution is -0.149. The molecule has 0 fully saturated rings. The van der Waals surface area contributed by atoms with Crippen LogP contribution in [0.4, 0.5) is 0 Å². The molecule has 2 heterocycles. The molecule has 0 radical (unpaired) electrons. The molecule has 4 nitrogen and oxygen atoms in total. The van der Waals surface area contributed by atoms with Crippen LogP contribution in [0.5, 0.6) is 0 Å². The van der Waals surface area contributed by atoms with Gasteiger partial charge in [-0.1, -0.05) is 23.7 Å². The molecule has 25 heavy (non-hydrogen) atoms. The summed E-state index contributed by atoms with van der Waals surface area (Å²) in [6.45, 7) is 6.31. The van der Waals surface area contributed by atoms with Gasteiger partial charge in [0.25, 0.3) is 0 Å². The van der Waals surface area contributed by atoms with Gasteiger partial charge in [0.15, 0.2) is 0 Å². The van der Waals surface area contributed by atoms with E-state index in [0.29, 0.717) is 16.3 Å². The number of esters is 1. The first-order chi connectivity index (χ1) is 11.9. The number of carbonyl (C=O) groups is 2. The minimum Gasteiger partial charge on any atom is -0.462 e. The molecule has 0 amide bonds. The summed E-state index contributed by atoms with van der Waals surface area (Å²) in [7, 11) is 0. The summed E-state index contributed by atoms with van der Waals surface area (Å²) >= 11 is 6.20. The quantitative estimate of drug-likeness (QED) is 0.596. The molecule has 0 aliphatic carbocycles. The topological polar surface area (TPSA) is 48.3 Å². The Morgan fingerprint density at radius 2 is 2.00 bits per heavy atom. The zero-order valence-corrected chi connectivity index (χ0v) is 15.5. The number of aryl methyl sites for hydroxylation is 1. The van der Waals surface area contributed by atoms with E-state index >= 15 is 0 Å². The molecule has 132 valence electrons. The predicted octanol–water partition coefficient (Wildman–Crippen LogP) is 4.51. The summed E-state index contributed by atoms with van der Waals surface area (Å²) in [6, 6.07) is 8.99. The highest BCUT2D eigenvalue weighted by molar-refractivity contribution is 6.35. The van der Waals surface area contributed by atoms with Crippen LogP contribution in [-0.4, -0.2) is 22.4 Å². The summed E-state index contributed by atoms with van der Waals surface area (Å²) in [6.07, 6.45) is 1.43. The molecule has 0 spiro atoms. The maximum absolute atomic E-state index is 13.1. The summed E-state index contributed by atoms with van der Waals surface area (Å²) < 4.78 is 7.37. The Morgan fingerprint density at radius 3 is 2.68 bits per heavy atom. The smallest absolute Gasteiger partial charge is 0.315 e. The highest BCUT2D eigenvalue weighted by atomic mass is 35.5. The number of carbonyl (C=O) groups excluding carboxylic acids is 2. The maximum Gasteiger partial charge on any atom is 0.315 e. The molecule has 2 aromatic rings. The normalized spacial score (nSPS) is 16.6. The van der Waals surface area contributed by atoms with Crippen molar-refractivity contribution >= 4 is 23.4 Å². The number of fused-ring (bicyclic) bond motifs is 1. The number of nitrogens with zero attached hydrogens (tertiary/aromatic N) is 1. The van der Waals surface area contributed by atoms with Crippen LogP contribution in [0.15, 0.2) is 30.3 Å². The molecule has 0 bridgehead atoms. The molecule has 0 N–H and O–H groups in total. The number of halogens is 1. The van der Waals surface area contributed by atoms with Crippen molar-refractivity contribution in [2.75, 3.05) is 0 Å². The van der Waals surface area contributed by atoms with Gasteiger partial charge in [-0.15, -0.1) is 0 Å². The summed E-state index contributed by atoms with van der Waals surface area (Å²) in [5, 5.41) is 0.439. The molecule has 1 aliphatic heterocycles. The lowest BCUT2D eigenvalue weighted by atomic mass is 9.96. The van der Waals surface area contributed by atoms with E-state index in [9.17, 15) is 9.59 Å². The van der Waals surface area contributed by atoms with Crippen molar-refractivity contribution in [2.45, 2.75) is 52.2 Å². The number of hydrogen-bond donors (Lipinski definition) is 0. The number of hydrogen-bond acceptors (Lipinski definition) is 3. The third kappa shape index (κ3) is 3.36. The van der Waals surface area contributed by atoms with Gasteiger partial charge < -0.3 is 9.30 Å². The molecule has 1 aliphatic rings. The van der Waals surface area contributed by atoms with Gasteiger partial charge in [-0.25, -0.2) is 0 Å². The van der Waals surface area contributed by atoms with Gasteiger partial charge in [0.1, 0.15) is 0 Å². The van der Waals surface area contributed by atoms with Crippen molar-refractivity contribution in [3.05, 3.63) is 57.9 Å². The first kappa shape index (κ1) is 17.7. The van der Waals surface area contributed by atoms with Crippen molar-refractivity contribution in [3.8, 4) is 0 Å². The number of benzene rings is 1. The number of ether oxygens (including phenoxy) is 1. The van der Waals surface area contributed by atoms with Crippen LogP contribution in [0.2, 0.25) is 5.02 Å². The fourth-order valence-corrected chi connectivity index (χ4v) is 3.69. The lowest BCUT2D eigenvalue weighted by Crippen LogP contribution is -2.27. The van der Waals surface area contributed by atoms with E-state index in [1.54, 1.807) is 24.3 Å². The largest absolute Gasteiger partial charge is 0.462 e. The molecule has 1 aromatic carbocycles. The number of ketones is 1. The average molecular weight is 360 g/mol. The van der Waals surface area contributed by atoms with Crippen LogP contribution in [0, 0.1) is 6.92 Å². The maximum atomic E-state index is 13.1. The van der Waals surface area contributed by atoms with E-state index in [0.717, 1.165) is 30.6 Å². The monoisotopic (exact) mass is 359 g/mol. The van der Waals surface area contributed by atoms with E-state index < -0.39 is 0 Å². The van der Waals surface area contributed by atoms with Crippen LogP contribution in [-0.2, 0) is 16.1 Å².